The first-order chi connectivity index (χ1) is 14.6. The van der Waals surface area contributed by atoms with E-state index in [0.717, 1.165) is 46.2 Å². The Kier molecular flexibility index (Phi) is 6.55. The Bertz CT molecular complexity index is 1040. The maximum Gasteiger partial charge on any atom is 0.258 e. The topological polar surface area (TPSA) is 54.2 Å². The Morgan fingerprint density at radius 1 is 1.27 bits per heavy atom. The largest absolute Gasteiger partial charge is 0.351 e. The Morgan fingerprint density at radius 2 is 2.07 bits per heavy atom. The summed E-state index contributed by atoms with van der Waals surface area (Å²) in [6, 6.07) is 12.4. The highest BCUT2D eigenvalue weighted by atomic mass is 32.2. The monoisotopic (exact) mass is 456 g/mol. The number of aromatic nitrogens is 2. The van der Waals surface area contributed by atoms with Crippen LogP contribution < -0.4 is 5.32 Å². The third kappa shape index (κ3) is 4.17. The molecule has 0 saturated heterocycles. The SMILES string of the molecule is CCCCN1C(=S)NC(c2ccc(SC)cc2)C(c2nc(-c3cccs3)no2)=C1C. The summed E-state index contributed by atoms with van der Waals surface area (Å²) < 4.78 is 5.76. The predicted octanol–water partition coefficient (Wildman–Crippen LogP) is 5.98. The molecule has 0 saturated carbocycles. The lowest BCUT2D eigenvalue weighted by atomic mass is 9.94. The van der Waals surface area contributed by atoms with Crippen molar-refractivity contribution in [1.82, 2.24) is 20.4 Å². The van der Waals surface area contributed by atoms with Crippen LogP contribution in [0.5, 0.6) is 0 Å². The van der Waals surface area contributed by atoms with Gasteiger partial charge in [0.2, 0.25) is 5.82 Å². The first kappa shape index (κ1) is 21.1. The molecule has 3 aromatic rings. The van der Waals surface area contributed by atoms with Gasteiger partial charge < -0.3 is 14.7 Å². The van der Waals surface area contributed by atoms with E-state index in [4.69, 9.17) is 21.7 Å². The second-order valence-electron chi connectivity index (χ2n) is 7.06. The lowest BCUT2D eigenvalue weighted by Gasteiger charge is -2.37. The number of hydrogen-bond acceptors (Lipinski definition) is 6. The van der Waals surface area contributed by atoms with Gasteiger partial charge in [-0.2, -0.15) is 4.98 Å². The highest BCUT2D eigenvalue weighted by molar-refractivity contribution is 7.98. The number of thiophene rings is 1. The van der Waals surface area contributed by atoms with Gasteiger partial charge >= 0.3 is 0 Å². The number of unbranched alkanes of at least 4 members (excludes halogenated alkanes) is 1. The van der Waals surface area contributed by atoms with E-state index < -0.39 is 0 Å². The van der Waals surface area contributed by atoms with Crippen molar-refractivity contribution in [3.05, 3.63) is 58.9 Å². The third-order valence-corrected chi connectivity index (χ3v) is 7.13. The quantitative estimate of drug-likeness (QED) is 0.346. The van der Waals surface area contributed by atoms with Crippen LogP contribution in [0, 0.1) is 0 Å². The number of rotatable bonds is 7. The van der Waals surface area contributed by atoms with Crippen LogP contribution in [0.4, 0.5) is 0 Å². The smallest absolute Gasteiger partial charge is 0.258 e. The summed E-state index contributed by atoms with van der Waals surface area (Å²) in [5.41, 5.74) is 3.16. The van der Waals surface area contributed by atoms with E-state index in [1.54, 1.807) is 23.1 Å². The Morgan fingerprint density at radius 3 is 2.73 bits per heavy atom. The molecule has 1 aromatic carbocycles. The maximum atomic E-state index is 5.76. The molecule has 0 amide bonds. The van der Waals surface area contributed by atoms with Crippen LogP contribution in [-0.4, -0.2) is 33.0 Å². The zero-order valence-corrected chi connectivity index (χ0v) is 19.7. The van der Waals surface area contributed by atoms with Crippen LogP contribution in [0.15, 0.2) is 56.9 Å². The number of thioether (sulfide) groups is 1. The number of allylic oxidation sites excluding steroid dienone is 1. The van der Waals surface area contributed by atoms with Crippen LogP contribution in [0.1, 0.15) is 44.2 Å². The molecule has 0 fully saturated rings. The van der Waals surface area contributed by atoms with E-state index >= 15 is 0 Å². The number of nitrogens with zero attached hydrogens (tertiary/aromatic N) is 3. The summed E-state index contributed by atoms with van der Waals surface area (Å²) in [6.45, 7) is 5.14. The molecule has 156 valence electrons. The van der Waals surface area contributed by atoms with E-state index in [2.05, 4.69) is 59.7 Å². The van der Waals surface area contributed by atoms with Gasteiger partial charge in [0.05, 0.1) is 16.5 Å². The molecule has 2 aromatic heterocycles. The molecule has 4 rings (SSSR count). The third-order valence-electron chi connectivity index (χ3n) is 5.18. The van der Waals surface area contributed by atoms with Gasteiger partial charge in [-0.15, -0.1) is 23.1 Å². The van der Waals surface area contributed by atoms with Gasteiger partial charge in [-0.25, -0.2) is 0 Å². The fourth-order valence-electron chi connectivity index (χ4n) is 3.53. The first-order valence-corrected chi connectivity index (χ1v) is 12.4. The standard InChI is InChI=1S/C22H24N4OS3/c1-4-5-12-26-14(2)18(21-24-20(25-27-21)17-7-6-13-30-17)19(23-22(26)28)15-8-10-16(29-3)11-9-15/h6-11,13,19H,4-5,12H2,1-3H3,(H,23,28). The van der Waals surface area contributed by atoms with Crippen LogP contribution in [-0.2, 0) is 0 Å². The molecule has 3 heterocycles. The molecule has 1 N–H and O–H groups in total. The van der Waals surface area contributed by atoms with Crippen molar-refractivity contribution < 1.29 is 4.52 Å². The van der Waals surface area contributed by atoms with Crippen LogP contribution in [0.3, 0.4) is 0 Å². The molecule has 0 bridgehead atoms. The average Bonchev–Trinajstić information content (AvgIpc) is 3.45. The van der Waals surface area contributed by atoms with Crippen molar-refractivity contribution in [1.29, 1.82) is 0 Å². The Labute approximate surface area is 190 Å². The van der Waals surface area contributed by atoms with Gasteiger partial charge in [0, 0.05) is 17.1 Å². The van der Waals surface area contributed by atoms with Gasteiger partial charge in [-0.1, -0.05) is 36.7 Å². The first-order valence-electron chi connectivity index (χ1n) is 9.93. The van der Waals surface area contributed by atoms with Crippen molar-refractivity contribution in [3.8, 4) is 10.7 Å². The minimum Gasteiger partial charge on any atom is -0.351 e. The number of thiocarbonyl (C=S) groups is 1. The number of nitrogens with one attached hydrogen (secondary N) is 1. The molecule has 0 spiro atoms. The summed E-state index contributed by atoms with van der Waals surface area (Å²) in [5.74, 6) is 1.15. The Balaban J connectivity index is 1.78. The summed E-state index contributed by atoms with van der Waals surface area (Å²) in [5, 5.41) is 10.5. The van der Waals surface area contributed by atoms with Crippen molar-refractivity contribution >= 4 is 46.0 Å². The summed E-state index contributed by atoms with van der Waals surface area (Å²) >= 11 is 9.06. The predicted molar refractivity (Wildman–Crippen MR) is 129 cm³/mol. The van der Waals surface area contributed by atoms with Gasteiger partial charge in [0.1, 0.15) is 0 Å². The molecular weight excluding hydrogens is 432 g/mol. The maximum absolute atomic E-state index is 5.76. The highest BCUT2D eigenvalue weighted by Gasteiger charge is 2.33. The molecule has 30 heavy (non-hydrogen) atoms. The zero-order chi connectivity index (χ0) is 21.1. The summed E-state index contributed by atoms with van der Waals surface area (Å²) in [4.78, 5) is 9.10. The van der Waals surface area contributed by atoms with E-state index in [-0.39, 0.29) is 6.04 Å². The summed E-state index contributed by atoms with van der Waals surface area (Å²) in [6.07, 6.45) is 4.24. The van der Waals surface area contributed by atoms with Crippen molar-refractivity contribution in [2.45, 2.75) is 37.6 Å². The van der Waals surface area contributed by atoms with Gasteiger partial charge in [-0.3, -0.25) is 0 Å². The molecular formula is C22H24N4OS3. The minimum atomic E-state index is -0.136. The van der Waals surface area contributed by atoms with Crippen molar-refractivity contribution in [2.75, 3.05) is 12.8 Å². The molecule has 1 aliphatic heterocycles. The van der Waals surface area contributed by atoms with Gasteiger partial charge in [-0.05, 0) is 61.0 Å². The van der Waals surface area contributed by atoms with Crippen LogP contribution >= 0.6 is 35.3 Å². The molecule has 8 heteroatoms. The average molecular weight is 457 g/mol. The van der Waals surface area contributed by atoms with Gasteiger partial charge in [0.25, 0.3) is 5.89 Å². The number of hydrogen-bond donors (Lipinski definition) is 1. The fourth-order valence-corrected chi connectivity index (χ4v) is 4.93. The van der Waals surface area contributed by atoms with E-state index in [0.29, 0.717) is 11.7 Å². The zero-order valence-electron chi connectivity index (χ0n) is 17.2. The molecule has 0 aliphatic carbocycles. The minimum absolute atomic E-state index is 0.136. The summed E-state index contributed by atoms with van der Waals surface area (Å²) in [7, 11) is 0. The second-order valence-corrected chi connectivity index (χ2v) is 9.27. The Hall–Kier alpha value is -2.16. The van der Waals surface area contributed by atoms with E-state index in [1.807, 2.05) is 17.5 Å². The number of benzene rings is 1. The molecule has 1 unspecified atom stereocenters. The lowest BCUT2D eigenvalue weighted by Crippen LogP contribution is -2.46. The van der Waals surface area contributed by atoms with Crippen molar-refractivity contribution in [3.63, 3.8) is 0 Å². The molecule has 5 nitrogen and oxygen atoms in total. The van der Waals surface area contributed by atoms with Crippen LogP contribution in [0.2, 0.25) is 0 Å². The normalized spacial score (nSPS) is 16.8. The second kappa shape index (κ2) is 9.32. The molecule has 1 atom stereocenters. The fraction of sp³-hybridized carbons (Fsp3) is 0.318. The highest BCUT2D eigenvalue weighted by Crippen LogP contribution is 2.38. The lowest BCUT2D eigenvalue weighted by molar-refractivity contribution is 0.395. The van der Waals surface area contributed by atoms with E-state index in [1.165, 1.54) is 4.90 Å². The van der Waals surface area contributed by atoms with Crippen LogP contribution in [0.25, 0.3) is 16.3 Å². The molecule has 1 aliphatic rings. The van der Waals surface area contributed by atoms with Gasteiger partial charge in [0.15, 0.2) is 5.11 Å². The van der Waals surface area contributed by atoms with Crippen molar-refractivity contribution in [2.24, 2.45) is 0 Å². The van der Waals surface area contributed by atoms with E-state index in [9.17, 15) is 0 Å². The molecule has 0 radical (unpaired) electrons.